The van der Waals surface area contributed by atoms with Crippen molar-refractivity contribution in [1.82, 2.24) is 4.90 Å². The van der Waals surface area contributed by atoms with E-state index in [0.717, 1.165) is 5.56 Å². The third-order valence-electron chi connectivity index (χ3n) is 3.80. The predicted molar refractivity (Wildman–Crippen MR) is 73.5 cm³/mol. The SMILES string of the molecule is CCC(C(N)=O)N1CC(c2ccc(C)cc2)CC1=O. The van der Waals surface area contributed by atoms with Crippen molar-refractivity contribution in [3.05, 3.63) is 35.4 Å². The highest BCUT2D eigenvalue weighted by Gasteiger charge is 2.36. The Hall–Kier alpha value is -1.84. The van der Waals surface area contributed by atoms with Gasteiger partial charge in [-0.25, -0.2) is 0 Å². The fourth-order valence-corrected chi connectivity index (χ4v) is 2.67. The molecule has 1 aliphatic heterocycles. The van der Waals surface area contributed by atoms with E-state index in [4.69, 9.17) is 5.73 Å². The summed E-state index contributed by atoms with van der Waals surface area (Å²) in [5, 5.41) is 0. The molecular weight excluding hydrogens is 240 g/mol. The number of amides is 2. The molecular formula is C15H20N2O2. The molecule has 2 N–H and O–H groups in total. The van der Waals surface area contributed by atoms with E-state index in [-0.39, 0.29) is 11.8 Å². The van der Waals surface area contributed by atoms with Gasteiger partial charge in [0.15, 0.2) is 0 Å². The average molecular weight is 260 g/mol. The number of nitrogens with two attached hydrogens (primary N) is 1. The summed E-state index contributed by atoms with van der Waals surface area (Å²) < 4.78 is 0. The molecule has 0 saturated carbocycles. The zero-order valence-electron chi connectivity index (χ0n) is 11.4. The first kappa shape index (κ1) is 13.6. The maximum absolute atomic E-state index is 12.0. The first-order valence-corrected chi connectivity index (χ1v) is 6.68. The van der Waals surface area contributed by atoms with Gasteiger partial charge in [-0.2, -0.15) is 0 Å². The van der Waals surface area contributed by atoms with E-state index < -0.39 is 11.9 Å². The summed E-state index contributed by atoms with van der Waals surface area (Å²) in [5.74, 6) is -0.224. The lowest BCUT2D eigenvalue weighted by Gasteiger charge is -2.24. The second-order valence-corrected chi connectivity index (χ2v) is 5.18. The number of carbonyl (C=O) groups is 2. The molecule has 1 aromatic rings. The molecule has 102 valence electrons. The van der Waals surface area contributed by atoms with Crippen molar-refractivity contribution < 1.29 is 9.59 Å². The molecule has 0 bridgehead atoms. The van der Waals surface area contributed by atoms with Gasteiger partial charge in [0.05, 0.1) is 0 Å². The van der Waals surface area contributed by atoms with E-state index in [1.807, 2.05) is 26.0 Å². The van der Waals surface area contributed by atoms with Gasteiger partial charge in [-0.3, -0.25) is 9.59 Å². The van der Waals surface area contributed by atoms with Gasteiger partial charge >= 0.3 is 0 Å². The van der Waals surface area contributed by atoms with Crippen LogP contribution in [-0.4, -0.2) is 29.3 Å². The maximum atomic E-state index is 12.0. The number of primary amides is 1. The molecule has 2 rings (SSSR count). The molecule has 1 aliphatic rings. The van der Waals surface area contributed by atoms with Crippen LogP contribution in [0.3, 0.4) is 0 Å². The molecule has 1 aromatic carbocycles. The zero-order chi connectivity index (χ0) is 14.0. The van der Waals surface area contributed by atoms with Gasteiger partial charge in [0.1, 0.15) is 6.04 Å². The van der Waals surface area contributed by atoms with Crippen molar-refractivity contribution in [2.24, 2.45) is 5.73 Å². The number of hydrogen-bond donors (Lipinski definition) is 1. The summed E-state index contributed by atoms with van der Waals surface area (Å²) in [4.78, 5) is 25.1. The van der Waals surface area contributed by atoms with Crippen molar-refractivity contribution in [1.29, 1.82) is 0 Å². The van der Waals surface area contributed by atoms with Crippen LogP contribution in [0.1, 0.15) is 36.8 Å². The van der Waals surface area contributed by atoms with Gasteiger partial charge in [-0.05, 0) is 18.9 Å². The molecule has 1 heterocycles. The van der Waals surface area contributed by atoms with Crippen LogP contribution >= 0.6 is 0 Å². The fourth-order valence-electron chi connectivity index (χ4n) is 2.67. The second-order valence-electron chi connectivity index (χ2n) is 5.18. The van der Waals surface area contributed by atoms with E-state index in [2.05, 4.69) is 12.1 Å². The molecule has 4 heteroatoms. The zero-order valence-corrected chi connectivity index (χ0v) is 11.4. The molecule has 1 fully saturated rings. The van der Waals surface area contributed by atoms with E-state index in [9.17, 15) is 9.59 Å². The van der Waals surface area contributed by atoms with Gasteiger partial charge in [0, 0.05) is 18.9 Å². The molecule has 0 aromatic heterocycles. The number of likely N-dealkylation sites (tertiary alicyclic amines) is 1. The first-order valence-electron chi connectivity index (χ1n) is 6.68. The fraction of sp³-hybridized carbons (Fsp3) is 0.467. The van der Waals surface area contributed by atoms with Crippen LogP contribution in [0.4, 0.5) is 0 Å². The standard InChI is InChI=1S/C15H20N2O2/c1-3-13(15(16)19)17-9-12(8-14(17)18)11-6-4-10(2)5-7-11/h4-7,12-13H,3,8-9H2,1-2H3,(H2,16,19). The molecule has 2 unspecified atom stereocenters. The molecule has 4 nitrogen and oxygen atoms in total. The van der Waals surface area contributed by atoms with Gasteiger partial charge < -0.3 is 10.6 Å². The summed E-state index contributed by atoms with van der Waals surface area (Å²) in [6.45, 7) is 4.50. The van der Waals surface area contributed by atoms with Gasteiger partial charge in [0.2, 0.25) is 11.8 Å². The number of rotatable bonds is 4. The quantitative estimate of drug-likeness (QED) is 0.893. The summed E-state index contributed by atoms with van der Waals surface area (Å²) in [7, 11) is 0. The van der Waals surface area contributed by atoms with Gasteiger partial charge in [0.25, 0.3) is 0 Å². The lowest BCUT2D eigenvalue weighted by atomic mass is 9.97. The Morgan fingerprint density at radius 1 is 1.42 bits per heavy atom. The minimum absolute atomic E-state index is 0.0243. The molecule has 19 heavy (non-hydrogen) atoms. The third kappa shape index (κ3) is 2.78. The largest absolute Gasteiger partial charge is 0.368 e. The van der Waals surface area contributed by atoms with Crippen molar-refractivity contribution in [3.8, 4) is 0 Å². The maximum Gasteiger partial charge on any atom is 0.240 e. The van der Waals surface area contributed by atoms with Crippen LogP contribution < -0.4 is 5.73 Å². The Labute approximate surface area is 113 Å². The Kier molecular flexibility index (Phi) is 3.88. The Morgan fingerprint density at radius 3 is 2.58 bits per heavy atom. The summed E-state index contributed by atoms with van der Waals surface area (Å²) in [5.41, 5.74) is 7.72. The average Bonchev–Trinajstić information content (AvgIpc) is 2.73. The third-order valence-corrected chi connectivity index (χ3v) is 3.80. The van der Waals surface area contributed by atoms with Gasteiger partial charge in [-0.1, -0.05) is 36.8 Å². The van der Waals surface area contributed by atoms with Crippen LogP contribution in [0.5, 0.6) is 0 Å². The van der Waals surface area contributed by atoms with Crippen molar-refractivity contribution in [3.63, 3.8) is 0 Å². The molecule has 1 saturated heterocycles. The molecule has 0 spiro atoms. The highest BCUT2D eigenvalue weighted by Crippen LogP contribution is 2.30. The van der Waals surface area contributed by atoms with Crippen LogP contribution in [0.15, 0.2) is 24.3 Å². The van der Waals surface area contributed by atoms with Crippen LogP contribution in [0.2, 0.25) is 0 Å². The highest BCUT2D eigenvalue weighted by atomic mass is 16.2. The van der Waals surface area contributed by atoms with E-state index in [1.54, 1.807) is 4.90 Å². The van der Waals surface area contributed by atoms with Gasteiger partial charge in [-0.15, -0.1) is 0 Å². The Bertz CT molecular complexity index is 481. The molecule has 0 aliphatic carbocycles. The normalized spacial score (nSPS) is 20.6. The summed E-state index contributed by atoms with van der Waals surface area (Å²) >= 11 is 0. The van der Waals surface area contributed by atoms with Crippen LogP contribution in [0, 0.1) is 6.92 Å². The molecule has 2 atom stereocenters. The number of nitrogens with zero attached hydrogens (tertiary/aromatic N) is 1. The van der Waals surface area contributed by atoms with E-state index in [0.29, 0.717) is 19.4 Å². The number of aryl methyl sites for hydroxylation is 1. The van der Waals surface area contributed by atoms with E-state index in [1.165, 1.54) is 5.56 Å². The second kappa shape index (κ2) is 5.43. The lowest BCUT2D eigenvalue weighted by molar-refractivity contribution is -0.136. The first-order chi connectivity index (χ1) is 9.02. The summed E-state index contributed by atoms with van der Waals surface area (Å²) in [6.07, 6.45) is 1.04. The minimum atomic E-state index is -0.469. The van der Waals surface area contributed by atoms with Crippen LogP contribution in [0.25, 0.3) is 0 Å². The number of hydrogen-bond acceptors (Lipinski definition) is 2. The number of carbonyl (C=O) groups excluding carboxylic acids is 2. The smallest absolute Gasteiger partial charge is 0.240 e. The van der Waals surface area contributed by atoms with E-state index >= 15 is 0 Å². The Balaban J connectivity index is 2.15. The lowest BCUT2D eigenvalue weighted by Crippen LogP contribution is -2.45. The monoisotopic (exact) mass is 260 g/mol. The minimum Gasteiger partial charge on any atom is -0.368 e. The predicted octanol–water partition coefficient (Wildman–Crippen LogP) is 1.57. The molecule has 0 radical (unpaired) electrons. The van der Waals surface area contributed by atoms with Crippen molar-refractivity contribution in [2.45, 2.75) is 38.6 Å². The number of benzene rings is 1. The van der Waals surface area contributed by atoms with Crippen LogP contribution in [-0.2, 0) is 9.59 Å². The summed E-state index contributed by atoms with van der Waals surface area (Å²) in [6, 6.07) is 7.74. The Morgan fingerprint density at radius 2 is 2.05 bits per heavy atom. The van der Waals surface area contributed by atoms with Crippen molar-refractivity contribution in [2.75, 3.05) is 6.54 Å². The molecule has 2 amide bonds. The van der Waals surface area contributed by atoms with Crippen molar-refractivity contribution >= 4 is 11.8 Å². The highest BCUT2D eigenvalue weighted by molar-refractivity contribution is 5.88. The topological polar surface area (TPSA) is 63.4 Å².